The molecule has 0 heterocycles. The number of likely N-dealkylation sites (N-methyl/N-ethyl adjacent to an activating group) is 1. The first-order valence-corrected chi connectivity index (χ1v) is 7.44. The van der Waals surface area contributed by atoms with Crippen LogP contribution in [0.5, 0.6) is 0 Å². The lowest BCUT2D eigenvalue weighted by Crippen LogP contribution is -2.17. The van der Waals surface area contributed by atoms with Crippen molar-refractivity contribution in [2.75, 3.05) is 20.6 Å². The van der Waals surface area contributed by atoms with Crippen molar-refractivity contribution in [1.82, 2.24) is 4.90 Å². The van der Waals surface area contributed by atoms with Gasteiger partial charge < -0.3 is 4.90 Å². The maximum Gasteiger partial charge on any atom is 0.0712 e. The van der Waals surface area contributed by atoms with E-state index in [0.29, 0.717) is 0 Å². The highest BCUT2D eigenvalue weighted by molar-refractivity contribution is 6.21. The summed E-state index contributed by atoms with van der Waals surface area (Å²) >= 11 is 6.36. The predicted molar refractivity (Wildman–Crippen MR) is 81.4 cm³/mol. The van der Waals surface area contributed by atoms with Crippen LogP contribution in [0.1, 0.15) is 49.1 Å². The zero-order valence-corrected chi connectivity index (χ0v) is 12.7. The second-order valence-electron chi connectivity index (χ2n) is 5.28. The summed E-state index contributed by atoms with van der Waals surface area (Å²) < 4.78 is 0. The molecule has 18 heavy (non-hydrogen) atoms. The molecular formula is C16H26ClN. The summed E-state index contributed by atoms with van der Waals surface area (Å²) in [4.78, 5) is 2.12. The van der Waals surface area contributed by atoms with Crippen LogP contribution in [0.3, 0.4) is 0 Å². The molecule has 1 nitrogen and oxygen atoms in total. The minimum Gasteiger partial charge on any atom is -0.308 e. The van der Waals surface area contributed by atoms with Crippen molar-refractivity contribution in [3.05, 3.63) is 35.4 Å². The maximum absolute atomic E-state index is 6.36. The second kappa shape index (κ2) is 8.55. The highest BCUT2D eigenvalue weighted by Gasteiger charge is 2.08. The van der Waals surface area contributed by atoms with Crippen molar-refractivity contribution in [1.29, 1.82) is 0 Å². The van der Waals surface area contributed by atoms with E-state index in [2.05, 4.69) is 50.2 Å². The fourth-order valence-corrected chi connectivity index (χ4v) is 2.50. The van der Waals surface area contributed by atoms with Crippen LogP contribution in [0.4, 0.5) is 0 Å². The van der Waals surface area contributed by atoms with Crippen LogP contribution in [0.25, 0.3) is 0 Å². The summed E-state index contributed by atoms with van der Waals surface area (Å²) in [6.45, 7) is 3.14. The lowest BCUT2D eigenvalue weighted by atomic mass is 10.0. The number of alkyl halides is 1. The standard InChI is InChI=1S/C16H26ClN/c1-4-5-6-7-8-14-9-11-15(12-10-14)16(17)13-18(2)3/h9-12,16H,4-8,13H2,1-3H3. The minimum absolute atomic E-state index is 0.0918. The van der Waals surface area contributed by atoms with E-state index in [1.165, 1.54) is 43.2 Å². The highest BCUT2D eigenvalue weighted by Crippen LogP contribution is 2.21. The third-order valence-corrected chi connectivity index (χ3v) is 3.58. The van der Waals surface area contributed by atoms with E-state index in [0.717, 1.165) is 6.54 Å². The third kappa shape index (κ3) is 5.88. The molecule has 0 aliphatic heterocycles. The zero-order valence-electron chi connectivity index (χ0n) is 12.0. The van der Waals surface area contributed by atoms with Crippen LogP contribution >= 0.6 is 11.6 Å². The van der Waals surface area contributed by atoms with E-state index >= 15 is 0 Å². The Bertz CT molecular complexity index is 318. The Morgan fingerprint density at radius 1 is 1.06 bits per heavy atom. The number of aryl methyl sites for hydroxylation is 1. The van der Waals surface area contributed by atoms with Gasteiger partial charge in [0.15, 0.2) is 0 Å². The molecule has 1 aromatic carbocycles. The van der Waals surface area contributed by atoms with Crippen molar-refractivity contribution in [3.8, 4) is 0 Å². The Morgan fingerprint density at radius 3 is 2.28 bits per heavy atom. The Morgan fingerprint density at radius 2 is 1.72 bits per heavy atom. The SMILES string of the molecule is CCCCCCc1ccc(C(Cl)CN(C)C)cc1. The van der Waals surface area contributed by atoms with Gasteiger partial charge in [0.05, 0.1) is 5.38 Å². The second-order valence-corrected chi connectivity index (χ2v) is 5.81. The van der Waals surface area contributed by atoms with Gasteiger partial charge in [-0.15, -0.1) is 11.6 Å². The molecule has 1 atom stereocenters. The van der Waals surface area contributed by atoms with Crippen LogP contribution in [0, 0.1) is 0 Å². The van der Waals surface area contributed by atoms with Crippen molar-refractivity contribution >= 4 is 11.6 Å². The number of hydrogen-bond donors (Lipinski definition) is 0. The molecule has 1 unspecified atom stereocenters. The van der Waals surface area contributed by atoms with Gasteiger partial charge in [-0.3, -0.25) is 0 Å². The lowest BCUT2D eigenvalue weighted by Gasteiger charge is -2.15. The summed E-state index contributed by atoms with van der Waals surface area (Å²) in [6.07, 6.45) is 6.50. The molecule has 1 rings (SSSR count). The maximum atomic E-state index is 6.36. The molecule has 1 aromatic rings. The summed E-state index contributed by atoms with van der Waals surface area (Å²) in [7, 11) is 4.11. The molecule has 0 bridgehead atoms. The summed E-state index contributed by atoms with van der Waals surface area (Å²) in [5.74, 6) is 0. The van der Waals surface area contributed by atoms with Crippen molar-refractivity contribution in [2.45, 2.75) is 44.4 Å². The van der Waals surface area contributed by atoms with Gasteiger partial charge in [-0.05, 0) is 38.1 Å². The van der Waals surface area contributed by atoms with E-state index in [1.807, 2.05) is 0 Å². The molecule has 0 saturated carbocycles. The number of unbranched alkanes of at least 4 members (excludes halogenated alkanes) is 3. The Kier molecular flexibility index (Phi) is 7.38. The molecule has 0 N–H and O–H groups in total. The molecular weight excluding hydrogens is 242 g/mol. The molecule has 0 fully saturated rings. The monoisotopic (exact) mass is 267 g/mol. The van der Waals surface area contributed by atoms with Gasteiger partial charge in [-0.1, -0.05) is 50.5 Å². The van der Waals surface area contributed by atoms with Crippen LogP contribution < -0.4 is 0 Å². The summed E-state index contributed by atoms with van der Waals surface area (Å²) in [5.41, 5.74) is 2.66. The normalized spacial score (nSPS) is 12.9. The Balaban J connectivity index is 2.42. The van der Waals surface area contributed by atoms with Crippen LogP contribution in [0.15, 0.2) is 24.3 Å². The average Bonchev–Trinajstić information content (AvgIpc) is 2.34. The number of hydrogen-bond acceptors (Lipinski definition) is 1. The first-order chi connectivity index (χ1) is 8.63. The Hall–Kier alpha value is -0.530. The lowest BCUT2D eigenvalue weighted by molar-refractivity contribution is 0.408. The van der Waals surface area contributed by atoms with E-state index in [-0.39, 0.29) is 5.38 Å². The number of halogens is 1. The minimum atomic E-state index is 0.0918. The van der Waals surface area contributed by atoms with Gasteiger partial charge in [0.2, 0.25) is 0 Å². The number of benzene rings is 1. The van der Waals surface area contributed by atoms with Crippen molar-refractivity contribution in [3.63, 3.8) is 0 Å². The quantitative estimate of drug-likeness (QED) is 0.489. The van der Waals surface area contributed by atoms with E-state index in [9.17, 15) is 0 Å². The molecule has 0 saturated heterocycles. The topological polar surface area (TPSA) is 3.24 Å². The summed E-state index contributed by atoms with van der Waals surface area (Å²) in [6, 6.07) is 8.81. The first kappa shape index (κ1) is 15.5. The molecule has 0 aliphatic carbocycles. The molecule has 102 valence electrons. The van der Waals surface area contributed by atoms with Gasteiger partial charge in [-0.2, -0.15) is 0 Å². The Labute approximate surface area is 117 Å². The van der Waals surface area contributed by atoms with Crippen LogP contribution in [0.2, 0.25) is 0 Å². The molecule has 0 amide bonds. The summed E-state index contributed by atoms with van der Waals surface area (Å²) in [5, 5.41) is 0.0918. The number of nitrogens with zero attached hydrogens (tertiary/aromatic N) is 1. The smallest absolute Gasteiger partial charge is 0.0712 e. The molecule has 0 aromatic heterocycles. The average molecular weight is 268 g/mol. The van der Waals surface area contributed by atoms with Crippen molar-refractivity contribution < 1.29 is 0 Å². The van der Waals surface area contributed by atoms with Gasteiger partial charge in [0.25, 0.3) is 0 Å². The fourth-order valence-electron chi connectivity index (χ4n) is 2.08. The molecule has 0 aliphatic rings. The van der Waals surface area contributed by atoms with Crippen LogP contribution in [-0.2, 0) is 6.42 Å². The number of rotatable bonds is 8. The van der Waals surface area contributed by atoms with E-state index in [1.54, 1.807) is 0 Å². The van der Waals surface area contributed by atoms with E-state index < -0.39 is 0 Å². The molecule has 0 spiro atoms. The molecule has 2 heteroatoms. The third-order valence-electron chi connectivity index (χ3n) is 3.19. The van der Waals surface area contributed by atoms with E-state index in [4.69, 9.17) is 11.6 Å². The predicted octanol–water partition coefficient (Wildman–Crippen LogP) is 4.65. The van der Waals surface area contributed by atoms with Gasteiger partial charge in [-0.25, -0.2) is 0 Å². The largest absolute Gasteiger partial charge is 0.308 e. The van der Waals surface area contributed by atoms with Crippen LogP contribution in [-0.4, -0.2) is 25.5 Å². The van der Waals surface area contributed by atoms with Gasteiger partial charge >= 0.3 is 0 Å². The zero-order chi connectivity index (χ0) is 13.4. The highest BCUT2D eigenvalue weighted by atomic mass is 35.5. The first-order valence-electron chi connectivity index (χ1n) is 7.01. The fraction of sp³-hybridized carbons (Fsp3) is 0.625. The van der Waals surface area contributed by atoms with Gasteiger partial charge in [0, 0.05) is 6.54 Å². The molecule has 0 radical (unpaired) electrons. The van der Waals surface area contributed by atoms with Gasteiger partial charge in [0.1, 0.15) is 0 Å². The van der Waals surface area contributed by atoms with Crippen molar-refractivity contribution in [2.24, 2.45) is 0 Å².